The lowest BCUT2D eigenvalue weighted by atomic mass is 10.1. The van der Waals surface area contributed by atoms with Crippen molar-refractivity contribution < 1.29 is 9.50 Å². The summed E-state index contributed by atoms with van der Waals surface area (Å²) in [5, 5.41) is 19.2. The molecule has 1 saturated heterocycles. The second-order valence-corrected chi connectivity index (χ2v) is 7.63. The van der Waals surface area contributed by atoms with Crippen molar-refractivity contribution in [3.8, 4) is 5.75 Å². The molecule has 3 aromatic rings. The fourth-order valence-electron chi connectivity index (χ4n) is 3.52. The zero-order valence-corrected chi connectivity index (χ0v) is 17.9. The number of phenolic OH excluding ortho intramolecular Hbond substituents is 1. The van der Waals surface area contributed by atoms with Crippen LogP contribution in [0.25, 0.3) is 0 Å². The first-order valence-electron chi connectivity index (χ1n) is 10.9. The number of piperazine rings is 1. The van der Waals surface area contributed by atoms with Crippen LogP contribution in [-0.2, 0) is 12.8 Å². The minimum absolute atomic E-state index is 0.206. The van der Waals surface area contributed by atoms with Gasteiger partial charge in [0.25, 0.3) is 0 Å². The van der Waals surface area contributed by atoms with E-state index in [1.807, 2.05) is 18.2 Å². The van der Waals surface area contributed by atoms with Gasteiger partial charge in [0, 0.05) is 39.3 Å². The summed E-state index contributed by atoms with van der Waals surface area (Å²) in [5.41, 5.74) is 1.76. The van der Waals surface area contributed by atoms with Gasteiger partial charge in [0.1, 0.15) is 11.6 Å². The molecule has 1 aromatic heterocycles. The number of phenols is 1. The highest BCUT2D eigenvalue weighted by molar-refractivity contribution is 5.44. The molecule has 0 unspecified atom stereocenters. The second-order valence-electron chi connectivity index (χ2n) is 7.63. The van der Waals surface area contributed by atoms with Crippen LogP contribution in [0.1, 0.15) is 11.1 Å². The molecule has 2 aromatic carbocycles. The number of hydrogen-bond acceptors (Lipinski definition) is 8. The third kappa shape index (κ3) is 6.04. The van der Waals surface area contributed by atoms with E-state index < -0.39 is 0 Å². The Bertz CT molecular complexity index is 1010. The molecular formula is C23H28FN7O. The van der Waals surface area contributed by atoms with Crippen LogP contribution in [0.4, 0.5) is 22.2 Å². The molecule has 2 heterocycles. The predicted molar refractivity (Wildman–Crippen MR) is 124 cm³/mol. The predicted octanol–water partition coefficient (Wildman–Crippen LogP) is 2.44. The van der Waals surface area contributed by atoms with Crippen LogP contribution >= 0.6 is 0 Å². The molecule has 4 N–H and O–H groups in total. The average Bonchev–Trinajstić information content (AvgIpc) is 2.82. The van der Waals surface area contributed by atoms with E-state index in [1.165, 1.54) is 6.07 Å². The molecule has 0 amide bonds. The molecule has 4 rings (SSSR count). The minimum Gasteiger partial charge on any atom is -0.508 e. The number of nitrogens with one attached hydrogen (secondary N) is 3. The van der Waals surface area contributed by atoms with Gasteiger partial charge in [0.05, 0.1) is 0 Å². The average molecular weight is 438 g/mol. The normalized spacial score (nSPS) is 13.7. The van der Waals surface area contributed by atoms with Crippen LogP contribution in [-0.4, -0.2) is 59.3 Å². The maximum Gasteiger partial charge on any atom is 0.232 e. The number of rotatable bonds is 9. The van der Waals surface area contributed by atoms with Crippen molar-refractivity contribution >= 4 is 17.8 Å². The second kappa shape index (κ2) is 10.7. The summed E-state index contributed by atoms with van der Waals surface area (Å²) in [7, 11) is 0. The van der Waals surface area contributed by atoms with Gasteiger partial charge in [-0.1, -0.05) is 30.3 Å². The number of benzene rings is 2. The Labute approximate surface area is 186 Å². The Hall–Kier alpha value is -3.46. The van der Waals surface area contributed by atoms with Gasteiger partial charge < -0.3 is 26.0 Å². The Morgan fingerprint density at radius 2 is 1.53 bits per heavy atom. The van der Waals surface area contributed by atoms with Crippen LogP contribution in [0.3, 0.4) is 0 Å². The highest BCUT2D eigenvalue weighted by Gasteiger charge is 2.16. The fourth-order valence-corrected chi connectivity index (χ4v) is 3.52. The van der Waals surface area contributed by atoms with Gasteiger partial charge in [-0.05, 0) is 42.2 Å². The monoisotopic (exact) mass is 437 g/mol. The van der Waals surface area contributed by atoms with Crippen molar-refractivity contribution in [2.45, 2.75) is 12.8 Å². The molecule has 0 aliphatic carbocycles. The molecule has 0 bridgehead atoms. The lowest BCUT2D eigenvalue weighted by Gasteiger charge is -2.27. The van der Waals surface area contributed by atoms with Crippen LogP contribution in [0.15, 0.2) is 48.5 Å². The molecule has 1 fully saturated rings. The smallest absolute Gasteiger partial charge is 0.232 e. The summed E-state index contributed by atoms with van der Waals surface area (Å²) < 4.78 is 13.9. The molecule has 168 valence electrons. The van der Waals surface area contributed by atoms with Crippen molar-refractivity contribution in [1.29, 1.82) is 0 Å². The molecule has 0 atom stereocenters. The molecule has 32 heavy (non-hydrogen) atoms. The van der Waals surface area contributed by atoms with Crippen molar-refractivity contribution in [2.24, 2.45) is 0 Å². The highest BCUT2D eigenvalue weighted by atomic mass is 19.1. The van der Waals surface area contributed by atoms with E-state index in [-0.39, 0.29) is 11.6 Å². The Morgan fingerprint density at radius 3 is 2.22 bits per heavy atom. The largest absolute Gasteiger partial charge is 0.508 e. The van der Waals surface area contributed by atoms with Crippen LogP contribution in [0.5, 0.6) is 5.75 Å². The Balaban J connectivity index is 1.42. The summed E-state index contributed by atoms with van der Waals surface area (Å²) in [6.45, 7) is 4.57. The third-order valence-electron chi connectivity index (χ3n) is 5.29. The van der Waals surface area contributed by atoms with Gasteiger partial charge in [0.2, 0.25) is 17.8 Å². The lowest BCUT2D eigenvalue weighted by molar-refractivity contribution is 0.475. The number of hydrogen-bond donors (Lipinski definition) is 4. The van der Waals surface area contributed by atoms with Gasteiger partial charge in [0.15, 0.2) is 0 Å². The maximum atomic E-state index is 13.9. The Morgan fingerprint density at radius 1 is 0.875 bits per heavy atom. The Kier molecular flexibility index (Phi) is 7.29. The van der Waals surface area contributed by atoms with Crippen LogP contribution in [0, 0.1) is 5.82 Å². The maximum absolute atomic E-state index is 13.9. The summed E-state index contributed by atoms with van der Waals surface area (Å²) in [4.78, 5) is 15.8. The summed E-state index contributed by atoms with van der Waals surface area (Å²) in [6, 6.07) is 13.9. The number of halogens is 1. The van der Waals surface area contributed by atoms with Crippen molar-refractivity contribution in [3.63, 3.8) is 0 Å². The van der Waals surface area contributed by atoms with E-state index in [0.717, 1.165) is 38.2 Å². The molecule has 0 saturated carbocycles. The summed E-state index contributed by atoms with van der Waals surface area (Å²) in [6.07, 6.45) is 1.30. The molecule has 0 radical (unpaired) electrons. The molecule has 0 spiro atoms. The molecule has 9 heteroatoms. The summed E-state index contributed by atoms with van der Waals surface area (Å²) >= 11 is 0. The van der Waals surface area contributed by atoms with E-state index >= 15 is 0 Å². The van der Waals surface area contributed by atoms with E-state index in [2.05, 4.69) is 35.8 Å². The van der Waals surface area contributed by atoms with Gasteiger partial charge in [-0.2, -0.15) is 15.0 Å². The van der Waals surface area contributed by atoms with Crippen molar-refractivity contribution in [1.82, 2.24) is 20.3 Å². The standard InChI is InChI=1S/C23H28FN7O/c24-20-4-2-1-3-18(20)10-12-27-22-28-21(26-11-9-17-5-7-19(32)8-6-17)29-23(30-22)31-15-13-25-14-16-31/h1-8,25,32H,9-16H2,(H2,26,27,28,29,30). The first kappa shape index (κ1) is 21.8. The minimum atomic E-state index is -0.206. The van der Waals surface area contributed by atoms with E-state index in [1.54, 1.807) is 24.3 Å². The van der Waals surface area contributed by atoms with Crippen molar-refractivity contribution in [3.05, 3.63) is 65.5 Å². The molecule has 1 aliphatic rings. The van der Waals surface area contributed by atoms with E-state index in [0.29, 0.717) is 42.9 Å². The SMILES string of the molecule is Oc1ccc(CCNc2nc(NCCc3ccccc3F)nc(N3CCNCC3)n2)cc1. The molecule has 8 nitrogen and oxygen atoms in total. The van der Waals surface area contributed by atoms with E-state index in [4.69, 9.17) is 0 Å². The van der Waals surface area contributed by atoms with Crippen LogP contribution in [0.2, 0.25) is 0 Å². The fraction of sp³-hybridized carbons (Fsp3) is 0.348. The molecular weight excluding hydrogens is 409 g/mol. The zero-order chi connectivity index (χ0) is 22.2. The van der Waals surface area contributed by atoms with Gasteiger partial charge in [-0.15, -0.1) is 0 Å². The lowest BCUT2D eigenvalue weighted by Crippen LogP contribution is -2.44. The summed E-state index contributed by atoms with van der Waals surface area (Å²) in [5.74, 6) is 1.65. The number of aromatic hydroxyl groups is 1. The number of anilines is 3. The number of aromatic nitrogens is 3. The van der Waals surface area contributed by atoms with Gasteiger partial charge in [-0.25, -0.2) is 4.39 Å². The zero-order valence-electron chi connectivity index (χ0n) is 17.9. The quantitative estimate of drug-likeness (QED) is 0.405. The number of nitrogens with zero attached hydrogens (tertiary/aromatic N) is 4. The van der Waals surface area contributed by atoms with Crippen molar-refractivity contribution in [2.75, 3.05) is 54.8 Å². The molecule has 1 aliphatic heterocycles. The third-order valence-corrected chi connectivity index (χ3v) is 5.29. The van der Waals surface area contributed by atoms with Gasteiger partial charge in [-0.3, -0.25) is 0 Å². The van der Waals surface area contributed by atoms with E-state index in [9.17, 15) is 9.50 Å². The first-order valence-corrected chi connectivity index (χ1v) is 10.9. The topological polar surface area (TPSA) is 98.2 Å². The first-order chi connectivity index (χ1) is 15.7. The highest BCUT2D eigenvalue weighted by Crippen LogP contribution is 2.16. The van der Waals surface area contributed by atoms with Crippen LogP contribution < -0.4 is 20.9 Å². The van der Waals surface area contributed by atoms with Gasteiger partial charge >= 0.3 is 0 Å².